The predicted octanol–water partition coefficient (Wildman–Crippen LogP) is 1.56. The normalized spacial score (nSPS) is 18.6. The van der Waals surface area contributed by atoms with Crippen LogP contribution >= 0.6 is 0 Å². The van der Waals surface area contributed by atoms with E-state index >= 15 is 0 Å². The van der Waals surface area contributed by atoms with E-state index in [0.29, 0.717) is 18.0 Å². The maximum Gasteiger partial charge on any atom is 0.269 e. The highest BCUT2D eigenvalue weighted by molar-refractivity contribution is 6.01. The smallest absolute Gasteiger partial charge is 0.269 e. The number of hydrogen-bond donors (Lipinski definition) is 1. The molecule has 1 heterocycles. The van der Waals surface area contributed by atoms with Gasteiger partial charge in [0.25, 0.3) is 5.91 Å². The summed E-state index contributed by atoms with van der Waals surface area (Å²) in [6.07, 6.45) is -0.594. The second-order valence-electron chi connectivity index (χ2n) is 5.11. The van der Waals surface area contributed by atoms with Gasteiger partial charge in [-0.25, -0.2) is 0 Å². The summed E-state index contributed by atoms with van der Waals surface area (Å²) in [5.41, 5.74) is 6.19. The Labute approximate surface area is 112 Å². The molecule has 19 heavy (non-hydrogen) atoms. The van der Waals surface area contributed by atoms with Crippen LogP contribution in [0.3, 0.4) is 0 Å². The Balaban J connectivity index is 2.61. The van der Waals surface area contributed by atoms with Gasteiger partial charge in [0.1, 0.15) is 11.3 Å². The molecule has 1 aliphatic rings. The first kappa shape index (κ1) is 13.4. The minimum Gasteiger partial charge on any atom is -0.479 e. The molecular weight excluding hydrogens is 242 g/mol. The van der Waals surface area contributed by atoms with Gasteiger partial charge < -0.3 is 10.5 Å². The van der Waals surface area contributed by atoms with Gasteiger partial charge in [0.15, 0.2) is 6.10 Å². The summed E-state index contributed by atoms with van der Waals surface area (Å²) in [4.78, 5) is 13.8. The maximum atomic E-state index is 12.3. The van der Waals surface area contributed by atoms with Crippen molar-refractivity contribution in [3.05, 3.63) is 23.8 Å². The van der Waals surface area contributed by atoms with Crippen molar-refractivity contribution < 1.29 is 9.53 Å². The Morgan fingerprint density at radius 3 is 2.79 bits per heavy atom. The quantitative estimate of drug-likeness (QED) is 0.874. The summed E-state index contributed by atoms with van der Waals surface area (Å²) in [6, 6.07) is 7.62. The van der Waals surface area contributed by atoms with E-state index in [-0.39, 0.29) is 5.91 Å². The van der Waals surface area contributed by atoms with Gasteiger partial charge in [-0.3, -0.25) is 9.69 Å². The first-order chi connectivity index (χ1) is 8.90. The third kappa shape index (κ3) is 2.15. The van der Waals surface area contributed by atoms with Crippen LogP contribution in [0.2, 0.25) is 0 Å². The van der Waals surface area contributed by atoms with Gasteiger partial charge in [-0.2, -0.15) is 5.26 Å². The van der Waals surface area contributed by atoms with Crippen LogP contribution in [0.4, 0.5) is 5.69 Å². The molecule has 0 aliphatic carbocycles. The summed E-state index contributed by atoms with van der Waals surface area (Å²) in [6.45, 7) is 5.48. The molecule has 0 saturated carbocycles. The molecule has 2 rings (SSSR count). The van der Waals surface area contributed by atoms with Gasteiger partial charge in [0, 0.05) is 6.54 Å². The Kier molecular flexibility index (Phi) is 3.21. The van der Waals surface area contributed by atoms with E-state index in [9.17, 15) is 10.1 Å². The van der Waals surface area contributed by atoms with Crippen molar-refractivity contribution >= 4 is 11.6 Å². The van der Waals surface area contributed by atoms with E-state index in [0.717, 1.165) is 5.56 Å². The van der Waals surface area contributed by atoms with E-state index < -0.39 is 11.6 Å². The lowest BCUT2D eigenvalue weighted by atomic mass is 10.00. The van der Waals surface area contributed by atoms with Crippen LogP contribution in [-0.2, 0) is 11.3 Å². The van der Waals surface area contributed by atoms with Crippen LogP contribution in [0.1, 0.15) is 26.3 Å². The number of rotatable bonds is 2. The number of nitrogens with two attached hydrogens (primary N) is 1. The Morgan fingerprint density at radius 2 is 2.21 bits per heavy atom. The summed E-state index contributed by atoms with van der Waals surface area (Å²) >= 11 is 0. The zero-order chi connectivity index (χ0) is 14.2. The van der Waals surface area contributed by atoms with Crippen LogP contribution in [0.15, 0.2) is 18.2 Å². The van der Waals surface area contributed by atoms with Crippen LogP contribution in [0.25, 0.3) is 0 Å². The SMILES string of the molecule is CC1Oc2ccc(CN)cc2N(C(C)(C)C#N)C1=O. The van der Waals surface area contributed by atoms with Gasteiger partial charge in [-0.05, 0) is 38.5 Å². The van der Waals surface area contributed by atoms with Crippen molar-refractivity contribution in [2.24, 2.45) is 5.73 Å². The zero-order valence-electron chi connectivity index (χ0n) is 11.3. The average molecular weight is 259 g/mol. The Morgan fingerprint density at radius 1 is 1.53 bits per heavy atom. The van der Waals surface area contributed by atoms with Gasteiger partial charge in [0.05, 0.1) is 11.8 Å². The fourth-order valence-corrected chi connectivity index (χ4v) is 2.13. The average Bonchev–Trinajstić information content (AvgIpc) is 2.39. The summed E-state index contributed by atoms with van der Waals surface area (Å²) in [7, 11) is 0. The number of anilines is 1. The van der Waals surface area contributed by atoms with Crippen molar-refractivity contribution in [3.63, 3.8) is 0 Å². The van der Waals surface area contributed by atoms with Gasteiger partial charge in [-0.15, -0.1) is 0 Å². The lowest BCUT2D eigenvalue weighted by molar-refractivity contribution is -0.126. The molecule has 0 radical (unpaired) electrons. The molecule has 0 spiro atoms. The summed E-state index contributed by atoms with van der Waals surface area (Å²) < 4.78 is 5.57. The van der Waals surface area contributed by atoms with E-state index in [1.54, 1.807) is 32.9 Å². The molecule has 1 aromatic rings. The lowest BCUT2D eigenvalue weighted by Gasteiger charge is -2.39. The largest absolute Gasteiger partial charge is 0.479 e. The minimum absolute atomic E-state index is 0.215. The van der Waals surface area contributed by atoms with Crippen LogP contribution < -0.4 is 15.4 Å². The minimum atomic E-state index is -0.933. The molecule has 1 amide bonds. The fourth-order valence-electron chi connectivity index (χ4n) is 2.13. The van der Waals surface area contributed by atoms with Crippen molar-refractivity contribution in [2.75, 3.05) is 4.90 Å². The highest BCUT2D eigenvalue weighted by atomic mass is 16.5. The van der Waals surface area contributed by atoms with E-state index in [4.69, 9.17) is 10.5 Å². The monoisotopic (exact) mass is 259 g/mol. The van der Waals surface area contributed by atoms with Crippen LogP contribution in [0, 0.1) is 11.3 Å². The summed E-state index contributed by atoms with van der Waals surface area (Å²) in [5.74, 6) is 0.390. The fraction of sp³-hybridized carbons (Fsp3) is 0.429. The van der Waals surface area contributed by atoms with E-state index in [1.807, 2.05) is 6.07 Å². The van der Waals surface area contributed by atoms with Crippen molar-refractivity contribution in [1.29, 1.82) is 5.26 Å². The number of hydrogen-bond acceptors (Lipinski definition) is 4. The number of fused-ring (bicyclic) bond motifs is 1. The molecule has 0 saturated heterocycles. The molecule has 5 heteroatoms. The molecule has 5 nitrogen and oxygen atoms in total. The topological polar surface area (TPSA) is 79.3 Å². The first-order valence-electron chi connectivity index (χ1n) is 6.15. The molecule has 1 aliphatic heterocycles. The number of nitriles is 1. The maximum absolute atomic E-state index is 12.3. The number of nitrogens with zero attached hydrogens (tertiary/aromatic N) is 2. The number of benzene rings is 1. The third-order valence-corrected chi connectivity index (χ3v) is 3.20. The molecule has 0 bridgehead atoms. The Hall–Kier alpha value is -2.06. The van der Waals surface area contributed by atoms with Gasteiger partial charge in [-0.1, -0.05) is 6.07 Å². The molecule has 0 fully saturated rings. The molecule has 1 aromatic carbocycles. The molecule has 1 atom stereocenters. The van der Waals surface area contributed by atoms with Gasteiger partial charge >= 0.3 is 0 Å². The molecular formula is C14H17N3O2. The highest BCUT2D eigenvalue weighted by Gasteiger charge is 2.40. The second-order valence-corrected chi connectivity index (χ2v) is 5.11. The van der Waals surface area contributed by atoms with E-state index in [1.165, 1.54) is 4.90 Å². The molecule has 1 unspecified atom stereocenters. The van der Waals surface area contributed by atoms with Gasteiger partial charge in [0.2, 0.25) is 0 Å². The number of ether oxygens (including phenoxy) is 1. The predicted molar refractivity (Wildman–Crippen MR) is 71.6 cm³/mol. The second kappa shape index (κ2) is 4.56. The highest BCUT2D eigenvalue weighted by Crippen LogP contribution is 2.38. The van der Waals surface area contributed by atoms with Crippen molar-refractivity contribution in [1.82, 2.24) is 0 Å². The molecule has 0 aromatic heterocycles. The Bertz CT molecular complexity index is 560. The molecule has 100 valence electrons. The van der Waals surface area contributed by atoms with Crippen molar-refractivity contribution in [3.8, 4) is 11.8 Å². The lowest BCUT2D eigenvalue weighted by Crippen LogP contribution is -2.54. The zero-order valence-corrected chi connectivity index (χ0v) is 11.3. The number of amides is 1. The first-order valence-corrected chi connectivity index (χ1v) is 6.15. The summed E-state index contributed by atoms with van der Waals surface area (Å²) in [5, 5.41) is 9.29. The van der Waals surface area contributed by atoms with Crippen molar-refractivity contribution in [2.45, 2.75) is 39.0 Å². The molecule has 2 N–H and O–H groups in total. The third-order valence-electron chi connectivity index (χ3n) is 3.20. The van der Waals surface area contributed by atoms with Crippen LogP contribution in [0.5, 0.6) is 5.75 Å². The van der Waals surface area contributed by atoms with E-state index in [2.05, 4.69) is 6.07 Å². The van der Waals surface area contributed by atoms with Crippen LogP contribution in [-0.4, -0.2) is 17.6 Å². The number of carbonyl (C=O) groups excluding carboxylic acids is 1. The standard InChI is InChI=1S/C14H17N3O2/c1-9-13(18)17(14(2,3)8-16)11-6-10(7-15)4-5-12(11)19-9/h4-6,9H,7,15H2,1-3H3. The number of carbonyl (C=O) groups is 1.